The van der Waals surface area contributed by atoms with Crippen LogP contribution < -0.4 is 10.1 Å². The molecule has 0 aliphatic carbocycles. The number of carbonyl (C=O) groups is 2. The summed E-state index contributed by atoms with van der Waals surface area (Å²) in [6.07, 6.45) is 0. The minimum atomic E-state index is -0.255. The highest BCUT2D eigenvalue weighted by Crippen LogP contribution is 2.12. The van der Waals surface area contributed by atoms with Crippen molar-refractivity contribution in [1.82, 2.24) is 5.32 Å². The molecule has 0 aromatic heterocycles. The van der Waals surface area contributed by atoms with Gasteiger partial charge in [-0.3, -0.25) is 9.59 Å². The fourth-order valence-corrected chi connectivity index (χ4v) is 1.86. The van der Waals surface area contributed by atoms with Crippen LogP contribution in [0, 0.1) is 0 Å². The minimum Gasteiger partial charge on any atom is -0.494 e. The van der Waals surface area contributed by atoms with E-state index in [2.05, 4.69) is 5.32 Å². The molecule has 0 saturated heterocycles. The molecular formula is C17H17NO3. The Hall–Kier alpha value is -2.62. The van der Waals surface area contributed by atoms with Crippen LogP contribution in [0.25, 0.3) is 0 Å². The van der Waals surface area contributed by atoms with E-state index < -0.39 is 0 Å². The summed E-state index contributed by atoms with van der Waals surface area (Å²) < 4.78 is 5.32. The quantitative estimate of drug-likeness (QED) is 0.829. The van der Waals surface area contributed by atoms with Gasteiger partial charge in [0.2, 0.25) is 0 Å². The second kappa shape index (κ2) is 7.24. The first kappa shape index (κ1) is 14.8. The summed E-state index contributed by atoms with van der Waals surface area (Å²) in [5, 5.41) is 2.62. The highest BCUT2D eigenvalue weighted by atomic mass is 16.5. The number of Topliss-reactive ketones (excluding diaryl/α,β-unsaturated/α-hetero) is 1. The molecule has 2 aromatic carbocycles. The summed E-state index contributed by atoms with van der Waals surface area (Å²) in [7, 11) is 0. The van der Waals surface area contributed by atoms with Gasteiger partial charge in [0.25, 0.3) is 5.91 Å². The van der Waals surface area contributed by atoms with Crippen molar-refractivity contribution in [3.8, 4) is 5.75 Å². The van der Waals surface area contributed by atoms with Crippen molar-refractivity contribution in [2.45, 2.75) is 6.92 Å². The van der Waals surface area contributed by atoms with Gasteiger partial charge >= 0.3 is 0 Å². The van der Waals surface area contributed by atoms with Gasteiger partial charge in [-0.25, -0.2) is 0 Å². The van der Waals surface area contributed by atoms with Gasteiger partial charge in [-0.05, 0) is 43.3 Å². The molecule has 4 heteroatoms. The Bertz CT molecular complexity index is 606. The van der Waals surface area contributed by atoms with Crippen molar-refractivity contribution in [3.63, 3.8) is 0 Å². The van der Waals surface area contributed by atoms with Crippen LogP contribution in [-0.2, 0) is 0 Å². The van der Waals surface area contributed by atoms with Crippen LogP contribution in [0.5, 0.6) is 5.75 Å². The minimum absolute atomic E-state index is 0.0261. The highest BCUT2D eigenvalue weighted by molar-refractivity contribution is 6.02. The second-order valence-electron chi connectivity index (χ2n) is 4.43. The lowest BCUT2D eigenvalue weighted by molar-refractivity contribution is 0.0904. The lowest BCUT2D eigenvalue weighted by Gasteiger charge is -2.06. The molecule has 0 fully saturated rings. The van der Waals surface area contributed by atoms with Gasteiger partial charge in [-0.15, -0.1) is 0 Å². The summed E-state index contributed by atoms with van der Waals surface area (Å²) in [5.74, 6) is 0.333. The van der Waals surface area contributed by atoms with E-state index in [0.717, 1.165) is 5.75 Å². The maximum absolute atomic E-state index is 12.0. The van der Waals surface area contributed by atoms with Crippen molar-refractivity contribution in [2.24, 2.45) is 0 Å². The van der Waals surface area contributed by atoms with Crippen LogP contribution in [0.2, 0.25) is 0 Å². The van der Waals surface area contributed by atoms with E-state index in [9.17, 15) is 9.59 Å². The van der Waals surface area contributed by atoms with Gasteiger partial charge in [-0.2, -0.15) is 0 Å². The molecule has 0 radical (unpaired) electrons. The molecule has 1 N–H and O–H groups in total. The van der Waals surface area contributed by atoms with Gasteiger partial charge in [0.1, 0.15) is 5.75 Å². The summed E-state index contributed by atoms with van der Waals surface area (Å²) in [6.45, 7) is 2.46. The van der Waals surface area contributed by atoms with Crippen molar-refractivity contribution in [1.29, 1.82) is 0 Å². The van der Waals surface area contributed by atoms with E-state index in [-0.39, 0.29) is 18.2 Å². The standard InChI is InChI=1S/C17H17NO3/c1-2-21-15-10-8-13(9-11-15)16(19)12-18-17(20)14-6-4-3-5-7-14/h3-11H,2,12H2,1H3,(H,18,20). The molecule has 108 valence electrons. The molecule has 0 unspecified atom stereocenters. The Balaban J connectivity index is 1.91. The number of ketones is 1. The Labute approximate surface area is 123 Å². The molecule has 2 aromatic rings. The molecule has 0 aliphatic heterocycles. The molecule has 4 nitrogen and oxygen atoms in total. The van der Waals surface area contributed by atoms with Crippen molar-refractivity contribution >= 4 is 11.7 Å². The Morgan fingerprint density at radius 2 is 1.62 bits per heavy atom. The molecule has 0 heterocycles. The monoisotopic (exact) mass is 283 g/mol. The topological polar surface area (TPSA) is 55.4 Å². The molecule has 0 aliphatic rings. The number of hydrogen-bond donors (Lipinski definition) is 1. The first-order valence-corrected chi connectivity index (χ1v) is 6.80. The van der Waals surface area contributed by atoms with E-state index in [0.29, 0.717) is 17.7 Å². The zero-order valence-corrected chi connectivity index (χ0v) is 11.8. The van der Waals surface area contributed by atoms with Crippen molar-refractivity contribution in [2.75, 3.05) is 13.2 Å². The third kappa shape index (κ3) is 4.18. The average molecular weight is 283 g/mol. The zero-order chi connectivity index (χ0) is 15.1. The molecular weight excluding hydrogens is 266 g/mol. The average Bonchev–Trinajstić information content (AvgIpc) is 2.54. The molecule has 0 bridgehead atoms. The molecule has 0 atom stereocenters. The van der Waals surface area contributed by atoms with E-state index in [1.807, 2.05) is 13.0 Å². The largest absolute Gasteiger partial charge is 0.494 e. The lowest BCUT2D eigenvalue weighted by Crippen LogP contribution is -2.29. The Morgan fingerprint density at radius 3 is 2.24 bits per heavy atom. The predicted molar refractivity (Wildman–Crippen MR) is 80.7 cm³/mol. The van der Waals surface area contributed by atoms with Crippen LogP contribution in [0.15, 0.2) is 54.6 Å². The van der Waals surface area contributed by atoms with Gasteiger partial charge in [0, 0.05) is 11.1 Å². The Kier molecular flexibility index (Phi) is 5.10. The normalized spacial score (nSPS) is 9.95. The van der Waals surface area contributed by atoms with Crippen LogP contribution in [0.3, 0.4) is 0 Å². The molecule has 2 rings (SSSR count). The molecule has 1 amide bonds. The van der Waals surface area contributed by atoms with E-state index in [1.165, 1.54) is 0 Å². The van der Waals surface area contributed by atoms with Crippen LogP contribution in [0.4, 0.5) is 0 Å². The van der Waals surface area contributed by atoms with Crippen molar-refractivity contribution in [3.05, 3.63) is 65.7 Å². The number of rotatable bonds is 6. The third-order valence-electron chi connectivity index (χ3n) is 2.93. The maximum atomic E-state index is 12.0. The lowest BCUT2D eigenvalue weighted by atomic mass is 10.1. The second-order valence-corrected chi connectivity index (χ2v) is 4.43. The third-order valence-corrected chi connectivity index (χ3v) is 2.93. The zero-order valence-electron chi connectivity index (χ0n) is 11.8. The van der Waals surface area contributed by atoms with Gasteiger partial charge in [0.05, 0.1) is 13.2 Å². The predicted octanol–water partition coefficient (Wildman–Crippen LogP) is 2.70. The van der Waals surface area contributed by atoms with Crippen molar-refractivity contribution < 1.29 is 14.3 Å². The number of ether oxygens (including phenoxy) is 1. The summed E-state index contributed by atoms with van der Waals surface area (Å²) in [4.78, 5) is 23.8. The highest BCUT2D eigenvalue weighted by Gasteiger charge is 2.09. The maximum Gasteiger partial charge on any atom is 0.251 e. The number of benzene rings is 2. The first-order chi connectivity index (χ1) is 10.2. The summed E-state index contributed by atoms with van der Waals surface area (Å²) >= 11 is 0. The van der Waals surface area contributed by atoms with Crippen LogP contribution in [0.1, 0.15) is 27.6 Å². The van der Waals surface area contributed by atoms with E-state index in [1.54, 1.807) is 48.5 Å². The first-order valence-electron chi connectivity index (χ1n) is 6.80. The van der Waals surface area contributed by atoms with Crippen LogP contribution in [-0.4, -0.2) is 24.8 Å². The summed E-state index contributed by atoms with van der Waals surface area (Å²) in [6, 6.07) is 15.7. The van der Waals surface area contributed by atoms with Gasteiger partial charge in [-0.1, -0.05) is 18.2 Å². The number of carbonyl (C=O) groups excluding carboxylic acids is 2. The van der Waals surface area contributed by atoms with Gasteiger partial charge < -0.3 is 10.1 Å². The molecule has 0 saturated carbocycles. The number of nitrogens with one attached hydrogen (secondary N) is 1. The number of hydrogen-bond acceptors (Lipinski definition) is 3. The van der Waals surface area contributed by atoms with Crippen LogP contribution >= 0.6 is 0 Å². The summed E-state index contributed by atoms with van der Waals surface area (Å²) in [5.41, 5.74) is 1.09. The van der Waals surface area contributed by atoms with E-state index in [4.69, 9.17) is 4.74 Å². The molecule has 21 heavy (non-hydrogen) atoms. The number of amides is 1. The SMILES string of the molecule is CCOc1ccc(C(=O)CNC(=O)c2ccccc2)cc1. The fraction of sp³-hybridized carbons (Fsp3) is 0.176. The molecule has 0 spiro atoms. The smallest absolute Gasteiger partial charge is 0.251 e. The van der Waals surface area contributed by atoms with E-state index >= 15 is 0 Å². The Morgan fingerprint density at radius 1 is 0.952 bits per heavy atom. The fourth-order valence-electron chi connectivity index (χ4n) is 1.86. The van der Waals surface area contributed by atoms with Gasteiger partial charge in [0.15, 0.2) is 5.78 Å².